The molecular weight excluding hydrogens is 568 g/mol. The van der Waals surface area contributed by atoms with Crippen LogP contribution in [0.4, 0.5) is 10.5 Å². The molecule has 39 heavy (non-hydrogen) atoms. The average molecular weight is 614 g/mol. The fourth-order valence-electron chi connectivity index (χ4n) is 4.31. The van der Waals surface area contributed by atoms with Gasteiger partial charge in [0.25, 0.3) is 0 Å². The molecule has 2 amide bonds. The molecule has 0 aliphatic rings. The zero-order valence-electron chi connectivity index (χ0n) is 24.7. The summed E-state index contributed by atoms with van der Waals surface area (Å²) in [5.41, 5.74) is 4.84. The molecule has 1 heterocycles. The molecule has 6 heteroatoms. The Labute approximate surface area is 248 Å². The predicted octanol–water partition coefficient (Wildman–Crippen LogP) is 10.1. The van der Waals surface area contributed by atoms with E-state index in [1.54, 1.807) is 11.3 Å². The van der Waals surface area contributed by atoms with Crippen LogP contribution in [0.5, 0.6) is 5.75 Å². The molecule has 0 radical (unpaired) electrons. The van der Waals surface area contributed by atoms with Crippen molar-refractivity contribution >= 4 is 39.0 Å². The fraction of sp³-hybridized carbons (Fsp3) is 0.485. The van der Waals surface area contributed by atoms with E-state index in [-0.39, 0.29) is 16.9 Å². The highest BCUT2D eigenvalue weighted by Gasteiger charge is 2.26. The minimum atomic E-state index is -0.0767. The Balaban J connectivity index is 1.64. The summed E-state index contributed by atoms with van der Waals surface area (Å²) in [5.74, 6) is 0.983. The second-order valence-electron chi connectivity index (χ2n) is 11.6. The molecule has 212 valence electrons. The summed E-state index contributed by atoms with van der Waals surface area (Å²) in [7, 11) is 0. The number of benzene rings is 2. The van der Waals surface area contributed by atoms with Crippen LogP contribution >= 0.6 is 27.3 Å². The summed E-state index contributed by atoms with van der Waals surface area (Å²) in [6.45, 7) is 17.7. The van der Waals surface area contributed by atoms with E-state index in [2.05, 4.69) is 99.4 Å². The number of halogens is 1. The SMILES string of the molecule is CCC(C)(C)c1ccc(OCCCCN(Cc2sccc2C)C(=O)Nc2ccc(Br)cc2)c(C(C)(C)CC)c1. The number of hydrogen-bond donors (Lipinski definition) is 1. The quantitative estimate of drug-likeness (QED) is 0.195. The topological polar surface area (TPSA) is 41.6 Å². The number of hydrogen-bond acceptors (Lipinski definition) is 3. The van der Waals surface area contributed by atoms with Crippen LogP contribution in [-0.4, -0.2) is 24.1 Å². The van der Waals surface area contributed by atoms with Crippen LogP contribution in [0.15, 0.2) is 58.4 Å². The van der Waals surface area contributed by atoms with Gasteiger partial charge in [-0.15, -0.1) is 11.3 Å². The summed E-state index contributed by atoms with van der Waals surface area (Å²) < 4.78 is 7.37. The van der Waals surface area contributed by atoms with Crippen LogP contribution in [0, 0.1) is 6.92 Å². The molecule has 4 nitrogen and oxygen atoms in total. The Morgan fingerprint density at radius 2 is 1.67 bits per heavy atom. The minimum Gasteiger partial charge on any atom is -0.493 e. The summed E-state index contributed by atoms with van der Waals surface area (Å²) in [5, 5.41) is 5.15. The van der Waals surface area contributed by atoms with Gasteiger partial charge in [0.15, 0.2) is 0 Å². The third-order valence-corrected chi connectivity index (χ3v) is 9.56. The van der Waals surface area contributed by atoms with Crippen molar-refractivity contribution in [2.45, 2.75) is 91.5 Å². The first-order chi connectivity index (χ1) is 18.5. The first kappa shape index (κ1) is 31.2. The maximum absolute atomic E-state index is 13.2. The van der Waals surface area contributed by atoms with E-state index in [4.69, 9.17) is 4.74 Å². The Kier molecular flexibility index (Phi) is 11.1. The molecule has 0 bridgehead atoms. The highest BCUT2D eigenvalue weighted by atomic mass is 79.9. The number of thiophene rings is 1. The second-order valence-corrected chi connectivity index (χ2v) is 13.5. The van der Waals surface area contributed by atoms with Gasteiger partial charge in [0.1, 0.15) is 5.75 Å². The summed E-state index contributed by atoms with van der Waals surface area (Å²) in [6, 6.07) is 16.5. The van der Waals surface area contributed by atoms with Crippen molar-refractivity contribution in [2.24, 2.45) is 0 Å². The highest BCUT2D eigenvalue weighted by Crippen LogP contribution is 2.38. The van der Waals surface area contributed by atoms with E-state index < -0.39 is 0 Å². The number of anilines is 1. The zero-order chi connectivity index (χ0) is 28.6. The maximum atomic E-state index is 13.2. The molecule has 3 rings (SSSR count). The lowest BCUT2D eigenvalue weighted by Crippen LogP contribution is -2.35. The molecule has 0 spiro atoms. The maximum Gasteiger partial charge on any atom is 0.322 e. The monoisotopic (exact) mass is 612 g/mol. The van der Waals surface area contributed by atoms with Crippen molar-refractivity contribution in [3.63, 3.8) is 0 Å². The fourth-order valence-corrected chi connectivity index (χ4v) is 5.50. The van der Waals surface area contributed by atoms with Crippen LogP contribution in [0.2, 0.25) is 0 Å². The normalized spacial score (nSPS) is 11.9. The van der Waals surface area contributed by atoms with Gasteiger partial charge in [-0.3, -0.25) is 0 Å². The Morgan fingerprint density at radius 3 is 2.28 bits per heavy atom. The van der Waals surface area contributed by atoms with Crippen LogP contribution in [-0.2, 0) is 17.4 Å². The largest absolute Gasteiger partial charge is 0.493 e. The van der Waals surface area contributed by atoms with E-state index in [1.165, 1.54) is 21.6 Å². The Bertz CT molecular complexity index is 1220. The van der Waals surface area contributed by atoms with E-state index in [0.29, 0.717) is 19.7 Å². The first-order valence-corrected chi connectivity index (χ1v) is 15.8. The lowest BCUT2D eigenvalue weighted by atomic mass is 9.76. The predicted molar refractivity (Wildman–Crippen MR) is 170 cm³/mol. The second kappa shape index (κ2) is 13.8. The summed E-state index contributed by atoms with van der Waals surface area (Å²) >= 11 is 5.16. The number of nitrogens with one attached hydrogen (secondary N) is 1. The lowest BCUT2D eigenvalue weighted by molar-refractivity contribution is 0.205. The zero-order valence-corrected chi connectivity index (χ0v) is 27.1. The van der Waals surface area contributed by atoms with Gasteiger partial charge in [0.2, 0.25) is 0 Å². The Morgan fingerprint density at radius 1 is 0.974 bits per heavy atom. The third kappa shape index (κ3) is 8.59. The number of amides is 2. The van der Waals surface area contributed by atoms with E-state index in [1.807, 2.05) is 29.2 Å². The minimum absolute atomic E-state index is 0.0373. The molecule has 0 aliphatic heterocycles. The van der Waals surface area contributed by atoms with Crippen molar-refractivity contribution in [3.8, 4) is 5.75 Å². The molecule has 0 saturated carbocycles. The Hall–Kier alpha value is -2.31. The highest BCUT2D eigenvalue weighted by molar-refractivity contribution is 9.10. The first-order valence-electron chi connectivity index (χ1n) is 14.1. The van der Waals surface area contributed by atoms with Gasteiger partial charge < -0.3 is 15.0 Å². The number of carbonyl (C=O) groups excluding carboxylic acids is 1. The van der Waals surface area contributed by atoms with Crippen LogP contribution in [0.3, 0.4) is 0 Å². The molecule has 0 saturated heterocycles. The van der Waals surface area contributed by atoms with Gasteiger partial charge in [-0.2, -0.15) is 0 Å². The molecular formula is C33H45BrN2O2S. The number of nitrogens with zero attached hydrogens (tertiary/aromatic N) is 1. The number of carbonyl (C=O) groups is 1. The van der Waals surface area contributed by atoms with E-state index in [9.17, 15) is 4.79 Å². The summed E-state index contributed by atoms with van der Waals surface area (Å²) in [4.78, 5) is 16.4. The van der Waals surface area contributed by atoms with Gasteiger partial charge in [-0.25, -0.2) is 4.79 Å². The molecule has 1 N–H and O–H groups in total. The molecule has 2 aromatic carbocycles. The lowest BCUT2D eigenvalue weighted by Gasteiger charge is -2.30. The van der Waals surface area contributed by atoms with Crippen molar-refractivity contribution in [1.29, 1.82) is 0 Å². The van der Waals surface area contributed by atoms with Gasteiger partial charge in [0, 0.05) is 27.1 Å². The van der Waals surface area contributed by atoms with Gasteiger partial charge in [0.05, 0.1) is 13.2 Å². The van der Waals surface area contributed by atoms with Gasteiger partial charge >= 0.3 is 6.03 Å². The number of urea groups is 1. The standard InChI is InChI=1S/C33H45BrN2O2S/c1-8-32(4,5)25-12-17-29(28(22-25)33(6,7)9-2)38-20-11-10-19-36(23-30-24(3)18-21-39-30)31(37)35-27-15-13-26(34)14-16-27/h12-18,21-22H,8-11,19-20,23H2,1-7H3,(H,35,37). The summed E-state index contributed by atoms with van der Waals surface area (Å²) in [6.07, 6.45) is 3.88. The van der Waals surface area contributed by atoms with E-state index in [0.717, 1.165) is 41.6 Å². The number of aryl methyl sites for hydroxylation is 1. The molecule has 3 aromatic rings. The smallest absolute Gasteiger partial charge is 0.322 e. The molecule has 1 aromatic heterocycles. The van der Waals surface area contributed by atoms with Crippen molar-refractivity contribution in [2.75, 3.05) is 18.5 Å². The number of ether oxygens (including phenoxy) is 1. The molecule has 0 fully saturated rings. The van der Waals surface area contributed by atoms with Crippen LogP contribution in [0.1, 0.15) is 88.8 Å². The third-order valence-electron chi connectivity index (χ3n) is 8.02. The molecule has 0 aliphatic carbocycles. The van der Waals surface area contributed by atoms with Crippen LogP contribution in [0.25, 0.3) is 0 Å². The van der Waals surface area contributed by atoms with Crippen molar-refractivity contribution in [1.82, 2.24) is 4.90 Å². The average Bonchev–Trinajstić information content (AvgIpc) is 3.32. The number of unbranched alkanes of at least 4 members (excludes halogenated alkanes) is 1. The van der Waals surface area contributed by atoms with E-state index >= 15 is 0 Å². The van der Waals surface area contributed by atoms with Crippen LogP contribution < -0.4 is 10.1 Å². The van der Waals surface area contributed by atoms with Gasteiger partial charge in [-0.1, -0.05) is 69.6 Å². The van der Waals surface area contributed by atoms with Crippen molar-refractivity contribution < 1.29 is 9.53 Å². The van der Waals surface area contributed by atoms with Gasteiger partial charge in [-0.05, 0) is 96.3 Å². The number of rotatable bonds is 13. The van der Waals surface area contributed by atoms with Crippen molar-refractivity contribution in [3.05, 3.63) is 80.0 Å². The molecule has 0 unspecified atom stereocenters. The molecule has 0 atom stereocenters.